The van der Waals surface area contributed by atoms with Crippen molar-refractivity contribution in [2.45, 2.75) is 25.9 Å². The summed E-state index contributed by atoms with van der Waals surface area (Å²) in [4.78, 5) is 2.03. The summed E-state index contributed by atoms with van der Waals surface area (Å²) in [5, 5.41) is 3.34. The number of piperazine rings is 1. The number of halogens is 3. The third-order valence-electron chi connectivity index (χ3n) is 3.13. The van der Waals surface area contributed by atoms with Crippen LogP contribution in [-0.4, -0.2) is 30.1 Å². The van der Waals surface area contributed by atoms with Crippen LogP contribution in [0.25, 0.3) is 0 Å². The topological polar surface area (TPSA) is 15.3 Å². The van der Waals surface area contributed by atoms with Gasteiger partial charge >= 0.3 is 0 Å². The van der Waals surface area contributed by atoms with Crippen molar-refractivity contribution in [3.05, 3.63) is 35.1 Å². The van der Waals surface area contributed by atoms with Gasteiger partial charge in [-0.05, 0) is 19.9 Å². The fourth-order valence-corrected chi connectivity index (χ4v) is 2.31. The van der Waals surface area contributed by atoms with Crippen LogP contribution in [0.2, 0.25) is 0 Å². The molecule has 0 spiro atoms. The third kappa shape index (κ3) is 3.03. The molecule has 1 saturated heterocycles. The molecule has 5 heteroatoms. The Balaban J connectivity index is 2.12. The number of rotatable bonds is 2. The molecule has 100 valence electrons. The lowest BCUT2D eigenvalue weighted by molar-refractivity contribution is 0.146. The van der Waals surface area contributed by atoms with Gasteiger partial charge in [-0.3, -0.25) is 4.90 Å². The first-order chi connectivity index (χ1) is 8.37. The highest BCUT2D eigenvalue weighted by Gasteiger charge is 2.26. The molecule has 1 N–H and O–H groups in total. The number of hydrogen-bond acceptors (Lipinski definition) is 2. The molecule has 0 bridgehead atoms. The van der Waals surface area contributed by atoms with Gasteiger partial charge in [-0.2, -0.15) is 0 Å². The maximum atomic E-state index is 13.5. The Kier molecular flexibility index (Phi) is 3.64. The minimum absolute atomic E-state index is 0.0483. The van der Waals surface area contributed by atoms with E-state index >= 15 is 0 Å². The first kappa shape index (κ1) is 13.4. The quantitative estimate of drug-likeness (QED) is 0.819. The lowest BCUT2D eigenvalue weighted by Gasteiger charge is -2.39. The number of nitrogens with one attached hydrogen (secondary N) is 1. The molecule has 1 aromatic carbocycles. The molecule has 0 unspecified atom stereocenters. The molecule has 1 heterocycles. The van der Waals surface area contributed by atoms with Crippen LogP contribution < -0.4 is 5.32 Å². The van der Waals surface area contributed by atoms with E-state index in [-0.39, 0.29) is 11.1 Å². The molecule has 0 aliphatic carbocycles. The highest BCUT2D eigenvalue weighted by atomic mass is 19.2. The summed E-state index contributed by atoms with van der Waals surface area (Å²) in [7, 11) is 0. The normalized spacial score (nSPS) is 20.1. The highest BCUT2D eigenvalue weighted by Crippen LogP contribution is 2.18. The van der Waals surface area contributed by atoms with Crippen molar-refractivity contribution in [1.29, 1.82) is 0 Å². The SMILES string of the molecule is CC1(C)CN(Cc2cc(F)c(F)cc2F)CCN1. The van der Waals surface area contributed by atoms with Crippen LogP contribution in [0.3, 0.4) is 0 Å². The molecule has 2 rings (SSSR count). The van der Waals surface area contributed by atoms with Gasteiger partial charge in [0.2, 0.25) is 0 Å². The van der Waals surface area contributed by atoms with Gasteiger partial charge < -0.3 is 5.32 Å². The molecule has 0 atom stereocenters. The predicted molar refractivity (Wildman–Crippen MR) is 63.7 cm³/mol. The molecule has 1 aliphatic heterocycles. The Morgan fingerprint density at radius 2 is 1.83 bits per heavy atom. The van der Waals surface area contributed by atoms with E-state index in [9.17, 15) is 13.2 Å². The smallest absolute Gasteiger partial charge is 0.161 e. The summed E-state index contributed by atoms with van der Waals surface area (Å²) >= 11 is 0. The van der Waals surface area contributed by atoms with Gasteiger partial charge in [-0.1, -0.05) is 0 Å². The second kappa shape index (κ2) is 4.90. The van der Waals surface area contributed by atoms with Crippen molar-refractivity contribution in [2.24, 2.45) is 0 Å². The van der Waals surface area contributed by atoms with Gasteiger partial charge in [0.1, 0.15) is 5.82 Å². The van der Waals surface area contributed by atoms with E-state index in [0.717, 1.165) is 25.7 Å². The molecular formula is C13H17F3N2. The monoisotopic (exact) mass is 258 g/mol. The van der Waals surface area contributed by atoms with Gasteiger partial charge in [0.05, 0.1) is 0 Å². The van der Waals surface area contributed by atoms with Crippen LogP contribution in [0.5, 0.6) is 0 Å². The lowest BCUT2D eigenvalue weighted by atomic mass is 10.0. The Bertz CT molecular complexity index is 446. The first-order valence-electron chi connectivity index (χ1n) is 5.98. The Morgan fingerprint density at radius 1 is 1.17 bits per heavy atom. The van der Waals surface area contributed by atoms with E-state index in [4.69, 9.17) is 0 Å². The van der Waals surface area contributed by atoms with Crippen molar-refractivity contribution in [1.82, 2.24) is 10.2 Å². The summed E-state index contributed by atoms with van der Waals surface area (Å²) in [5.41, 5.74) is 0.152. The number of hydrogen-bond donors (Lipinski definition) is 1. The minimum Gasteiger partial charge on any atom is -0.309 e. The zero-order valence-corrected chi connectivity index (χ0v) is 10.6. The predicted octanol–water partition coefficient (Wildman–Crippen LogP) is 2.29. The molecule has 0 saturated carbocycles. The zero-order chi connectivity index (χ0) is 13.3. The fraction of sp³-hybridized carbons (Fsp3) is 0.538. The minimum atomic E-state index is -1.14. The van der Waals surface area contributed by atoms with Crippen LogP contribution in [0, 0.1) is 17.5 Å². The molecule has 1 aromatic rings. The average molecular weight is 258 g/mol. The third-order valence-corrected chi connectivity index (χ3v) is 3.13. The Labute approximate surface area is 105 Å². The standard InChI is InChI=1S/C13H17F3N2/c1-13(2)8-18(4-3-17-13)7-9-5-11(15)12(16)6-10(9)14/h5-6,17H,3-4,7-8H2,1-2H3. The van der Waals surface area contributed by atoms with Gasteiger partial charge in [0.15, 0.2) is 11.6 Å². The van der Waals surface area contributed by atoms with Crippen LogP contribution in [0.15, 0.2) is 12.1 Å². The van der Waals surface area contributed by atoms with Crippen molar-refractivity contribution >= 4 is 0 Å². The van der Waals surface area contributed by atoms with Crippen molar-refractivity contribution < 1.29 is 13.2 Å². The molecule has 2 nitrogen and oxygen atoms in total. The molecule has 1 fully saturated rings. The van der Waals surface area contributed by atoms with Gasteiger partial charge in [-0.15, -0.1) is 0 Å². The van der Waals surface area contributed by atoms with E-state index in [1.807, 2.05) is 4.90 Å². The molecular weight excluding hydrogens is 241 g/mol. The second-order valence-corrected chi connectivity index (χ2v) is 5.38. The zero-order valence-electron chi connectivity index (χ0n) is 10.6. The van der Waals surface area contributed by atoms with E-state index < -0.39 is 17.5 Å². The second-order valence-electron chi connectivity index (χ2n) is 5.38. The summed E-state index contributed by atoms with van der Waals surface area (Å²) in [6, 6.07) is 1.55. The van der Waals surface area contributed by atoms with Gasteiger partial charge in [-0.25, -0.2) is 13.2 Å². The highest BCUT2D eigenvalue weighted by molar-refractivity contribution is 5.20. The molecule has 18 heavy (non-hydrogen) atoms. The van der Waals surface area contributed by atoms with Crippen LogP contribution in [0.1, 0.15) is 19.4 Å². The summed E-state index contributed by atoms with van der Waals surface area (Å²) in [5.74, 6) is -2.83. The van der Waals surface area contributed by atoms with Crippen molar-refractivity contribution in [2.75, 3.05) is 19.6 Å². The number of benzene rings is 1. The molecule has 0 aromatic heterocycles. The van der Waals surface area contributed by atoms with E-state index in [1.165, 1.54) is 0 Å². The Hall–Kier alpha value is -1.07. The van der Waals surface area contributed by atoms with Crippen molar-refractivity contribution in [3.63, 3.8) is 0 Å². The summed E-state index contributed by atoms with van der Waals surface area (Å²) < 4.78 is 39.4. The largest absolute Gasteiger partial charge is 0.309 e. The maximum Gasteiger partial charge on any atom is 0.161 e. The average Bonchev–Trinajstić information content (AvgIpc) is 2.24. The molecule has 0 amide bonds. The lowest BCUT2D eigenvalue weighted by Crippen LogP contribution is -2.56. The Morgan fingerprint density at radius 3 is 2.50 bits per heavy atom. The molecule has 0 radical (unpaired) electrons. The van der Waals surface area contributed by atoms with Crippen LogP contribution in [-0.2, 0) is 6.54 Å². The summed E-state index contributed by atoms with van der Waals surface area (Å²) in [6.07, 6.45) is 0. The van der Waals surface area contributed by atoms with Crippen LogP contribution in [0.4, 0.5) is 13.2 Å². The van der Waals surface area contributed by atoms with E-state index in [1.54, 1.807) is 0 Å². The fourth-order valence-electron chi connectivity index (χ4n) is 2.31. The van der Waals surface area contributed by atoms with Gasteiger partial charge in [0.25, 0.3) is 0 Å². The van der Waals surface area contributed by atoms with Crippen LogP contribution >= 0.6 is 0 Å². The van der Waals surface area contributed by atoms with Gasteiger partial charge in [0, 0.05) is 43.3 Å². The maximum absolute atomic E-state index is 13.5. The molecule has 1 aliphatic rings. The van der Waals surface area contributed by atoms with E-state index in [2.05, 4.69) is 19.2 Å². The summed E-state index contributed by atoms with van der Waals surface area (Å²) in [6.45, 7) is 6.72. The van der Waals surface area contributed by atoms with E-state index in [0.29, 0.717) is 12.6 Å². The number of nitrogens with zero attached hydrogens (tertiary/aromatic N) is 1. The first-order valence-corrected chi connectivity index (χ1v) is 5.98. The van der Waals surface area contributed by atoms with Crippen molar-refractivity contribution in [3.8, 4) is 0 Å².